The number of hydrogen-bond donors (Lipinski definition) is 2. The first-order valence-corrected chi connectivity index (χ1v) is 16.7. The van der Waals surface area contributed by atoms with Gasteiger partial charge in [-0.1, -0.05) is 69.6 Å². The van der Waals surface area contributed by atoms with Crippen molar-refractivity contribution in [2.24, 2.45) is 16.1 Å². The van der Waals surface area contributed by atoms with Crippen molar-refractivity contribution in [2.45, 2.75) is 71.6 Å². The van der Waals surface area contributed by atoms with Gasteiger partial charge in [-0.15, -0.1) is 0 Å². The summed E-state index contributed by atoms with van der Waals surface area (Å²) in [5.41, 5.74) is 9.88. The topological polar surface area (TPSA) is 148 Å². The fourth-order valence-corrected chi connectivity index (χ4v) is 5.27. The number of aromatic nitrogens is 5. The number of ether oxygens (including phenoxy) is 1. The summed E-state index contributed by atoms with van der Waals surface area (Å²) in [6.07, 6.45) is 3.85. The molecule has 52 heavy (non-hydrogen) atoms. The summed E-state index contributed by atoms with van der Waals surface area (Å²) >= 11 is 6.37. The van der Waals surface area contributed by atoms with Crippen LogP contribution >= 0.6 is 11.6 Å². The quantitative estimate of drug-likeness (QED) is 0.118. The molecule has 2 aliphatic rings. The van der Waals surface area contributed by atoms with Crippen molar-refractivity contribution in [1.29, 1.82) is 0 Å². The number of carbonyl (C=O) groups is 2. The van der Waals surface area contributed by atoms with E-state index in [1.165, 1.54) is 35.6 Å². The lowest BCUT2D eigenvalue weighted by atomic mass is 10.00. The van der Waals surface area contributed by atoms with Gasteiger partial charge in [-0.05, 0) is 47.1 Å². The fourth-order valence-electron chi connectivity index (χ4n) is 5.06. The van der Waals surface area contributed by atoms with Crippen LogP contribution in [0.2, 0.25) is 5.02 Å². The van der Waals surface area contributed by atoms with Crippen LogP contribution in [0.4, 0.5) is 17.6 Å². The van der Waals surface area contributed by atoms with Gasteiger partial charge in [0.1, 0.15) is 6.33 Å². The van der Waals surface area contributed by atoms with E-state index < -0.39 is 31.6 Å². The first-order valence-electron chi connectivity index (χ1n) is 16.3. The van der Waals surface area contributed by atoms with Gasteiger partial charge in [0.25, 0.3) is 12.3 Å². The molecule has 4 aromatic rings. The summed E-state index contributed by atoms with van der Waals surface area (Å²) in [5.74, 6) is 0.207. The zero-order valence-corrected chi connectivity index (χ0v) is 30.1. The summed E-state index contributed by atoms with van der Waals surface area (Å²) in [6.45, 7) is 5.77. The van der Waals surface area contributed by atoms with Gasteiger partial charge in [0.15, 0.2) is 17.8 Å². The minimum Gasteiger partial charge on any atom is -0.382 e. The molecule has 0 radical (unpaired) electrons. The Hall–Kier alpha value is -4.83. The monoisotopic (exact) mass is 747 g/mol. The SMILES string of the molecule is CC(C)(C)C.COCC(c1ccc(Cl)c(-c2ncn[nH]2)c1)N1C(=O)C(c2ccc(-c3cnn(C(F)F)c3)cc2)N=C1N.O=CN(CC(F)F)C1CC1. The number of guanidine groups is 1. The highest BCUT2D eigenvalue weighted by atomic mass is 35.5. The zero-order chi connectivity index (χ0) is 38.2. The second-order valence-corrected chi connectivity index (χ2v) is 14.1. The molecule has 280 valence electrons. The van der Waals surface area contributed by atoms with Crippen LogP contribution in [0.3, 0.4) is 0 Å². The Morgan fingerprint density at radius 3 is 2.29 bits per heavy atom. The van der Waals surface area contributed by atoms with Crippen LogP contribution < -0.4 is 5.73 Å². The van der Waals surface area contributed by atoms with Crippen LogP contribution in [0.1, 0.15) is 70.3 Å². The number of nitrogens with zero attached hydrogens (tertiary/aromatic N) is 7. The van der Waals surface area contributed by atoms with Crippen LogP contribution in [0.25, 0.3) is 22.5 Å². The number of halogens is 5. The van der Waals surface area contributed by atoms with Crippen molar-refractivity contribution in [3.8, 4) is 22.5 Å². The predicted octanol–water partition coefficient (Wildman–Crippen LogP) is 6.89. The number of carbonyl (C=O) groups excluding carboxylic acids is 2. The summed E-state index contributed by atoms with van der Waals surface area (Å²) in [6, 6.07) is 10.8. The maximum Gasteiger partial charge on any atom is 0.333 e. The second-order valence-electron chi connectivity index (χ2n) is 13.7. The lowest BCUT2D eigenvalue weighted by Gasteiger charge is -2.28. The third-order valence-electron chi connectivity index (χ3n) is 7.52. The number of aromatic amines is 1. The highest BCUT2D eigenvalue weighted by Gasteiger charge is 2.39. The van der Waals surface area contributed by atoms with Crippen LogP contribution in [0.5, 0.6) is 0 Å². The molecule has 3 N–H and O–H groups in total. The average molecular weight is 748 g/mol. The molecule has 1 saturated carbocycles. The minimum atomic E-state index is -2.72. The van der Waals surface area contributed by atoms with E-state index in [0.29, 0.717) is 49.6 Å². The van der Waals surface area contributed by atoms with Gasteiger partial charge in [-0.25, -0.2) is 23.4 Å². The number of aliphatic imine (C=N–C) groups is 1. The van der Waals surface area contributed by atoms with Gasteiger partial charge in [0, 0.05) is 30.5 Å². The van der Waals surface area contributed by atoms with Crippen molar-refractivity contribution >= 4 is 29.9 Å². The largest absolute Gasteiger partial charge is 0.382 e. The number of nitrogens with one attached hydrogen (secondary N) is 1. The smallest absolute Gasteiger partial charge is 0.333 e. The molecule has 6 rings (SSSR count). The number of H-pyrrole nitrogens is 1. The normalized spacial score (nSPS) is 16.2. The molecule has 0 saturated heterocycles. The summed E-state index contributed by atoms with van der Waals surface area (Å²) in [7, 11) is 1.53. The Morgan fingerprint density at radius 2 is 1.77 bits per heavy atom. The van der Waals surface area contributed by atoms with Crippen LogP contribution in [0.15, 0.2) is 66.2 Å². The van der Waals surface area contributed by atoms with E-state index in [1.54, 1.807) is 42.5 Å². The Labute approximate surface area is 304 Å². The molecule has 2 atom stereocenters. The first-order chi connectivity index (χ1) is 24.6. The van der Waals surface area contributed by atoms with Crippen LogP contribution in [-0.2, 0) is 14.3 Å². The van der Waals surface area contributed by atoms with Gasteiger partial charge >= 0.3 is 6.55 Å². The van der Waals surface area contributed by atoms with Gasteiger partial charge in [-0.3, -0.25) is 19.6 Å². The molecule has 2 unspecified atom stereocenters. The number of alkyl halides is 4. The fraction of sp³-hybridized carbons (Fsp3) is 0.429. The van der Waals surface area contributed by atoms with Gasteiger partial charge in [0.2, 0.25) is 6.41 Å². The van der Waals surface area contributed by atoms with E-state index in [9.17, 15) is 27.2 Å². The molecule has 1 aliphatic heterocycles. The van der Waals surface area contributed by atoms with Crippen molar-refractivity contribution in [3.63, 3.8) is 0 Å². The number of rotatable bonds is 12. The van der Waals surface area contributed by atoms with Crippen LogP contribution in [-0.4, -0.2) is 85.8 Å². The Bertz CT molecular complexity index is 1790. The van der Waals surface area contributed by atoms with Gasteiger partial charge in [-0.2, -0.15) is 19.0 Å². The second kappa shape index (κ2) is 17.6. The number of benzene rings is 2. The zero-order valence-electron chi connectivity index (χ0n) is 29.4. The van der Waals surface area contributed by atoms with Gasteiger partial charge < -0.3 is 15.4 Å². The van der Waals surface area contributed by atoms with E-state index in [1.807, 2.05) is 0 Å². The van der Waals surface area contributed by atoms with E-state index in [2.05, 4.69) is 53.0 Å². The number of methoxy groups -OCH3 is 1. The number of hydrogen-bond acceptors (Lipinski definition) is 8. The molecule has 2 aromatic carbocycles. The van der Waals surface area contributed by atoms with Gasteiger partial charge in [0.05, 0.1) is 30.4 Å². The van der Waals surface area contributed by atoms with Crippen molar-refractivity contribution < 1.29 is 31.9 Å². The van der Waals surface area contributed by atoms with Crippen LogP contribution in [0, 0.1) is 5.41 Å². The van der Waals surface area contributed by atoms with Crippen molar-refractivity contribution in [3.05, 3.63) is 77.3 Å². The molecule has 1 fully saturated rings. The third kappa shape index (κ3) is 10.8. The highest BCUT2D eigenvalue weighted by molar-refractivity contribution is 6.33. The maximum atomic E-state index is 13.5. The molecular formula is C35H42ClF4N9O3. The van der Waals surface area contributed by atoms with Crippen molar-refractivity contribution in [1.82, 2.24) is 34.8 Å². The lowest BCUT2D eigenvalue weighted by Crippen LogP contribution is -2.42. The third-order valence-corrected chi connectivity index (χ3v) is 7.85. The maximum absolute atomic E-state index is 13.5. The number of amides is 2. The molecule has 17 heteroatoms. The summed E-state index contributed by atoms with van der Waals surface area (Å²) in [5, 5.41) is 10.8. The Morgan fingerprint density at radius 1 is 1.10 bits per heavy atom. The Kier molecular flexibility index (Phi) is 13.5. The minimum absolute atomic E-state index is 0.0514. The standard InChI is InChI=1S/C24H21ClF2N8O2.C6H9F2NO.C5H12/c1-37-11-19(15-6-7-18(25)17(8-15)21-29-12-30-33-21)35-22(36)20(32-24(35)28)14-4-2-13(3-5-14)16-9-31-34(10-16)23(26)27;7-6(8)3-9(4-10)5-1-2-5;1-5(2,3)4/h2-10,12,19-20,23H,11H2,1H3,(H2,28,32)(H,29,30,33);4-6H,1-3H2;1-4H3. The molecule has 1 aliphatic carbocycles. The molecular weight excluding hydrogens is 706 g/mol. The molecule has 12 nitrogen and oxygen atoms in total. The van der Waals surface area contributed by atoms with E-state index in [-0.39, 0.29) is 24.5 Å². The van der Waals surface area contributed by atoms with E-state index >= 15 is 0 Å². The molecule has 3 heterocycles. The Balaban J connectivity index is 0.000000336. The summed E-state index contributed by atoms with van der Waals surface area (Å²) < 4.78 is 55.0. The molecule has 2 amide bonds. The predicted molar refractivity (Wildman–Crippen MR) is 188 cm³/mol. The van der Waals surface area contributed by atoms with E-state index in [0.717, 1.165) is 18.4 Å². The van der Waals surface area contributed by atoms with Crippen molar-refractivity contribution in [2.75, 3.05) is 20.3 Å². The summed E-state index contributed by atoms with van der Waals surface area (Å²) in [4.78, 5) is 34.8. The average Bonchev–Trinajstić information content (AvgIpc) is 3.43. The number of nitrogens with two attached hydrogens (primary N) is 1. The molecule has 0 spiro atoms. The molecule has 2 aromatic heterocycles. The molecule has 0 bridgehead atoms. The van der Waals surface area contributed by atoms with E-state index in [4.69, 9.17) is 22.1 Å². The lowest BCUT2D eigenvalue weighted by molar-refractivity contribution is -0.130. The highest BCUT2D eigenvalue weighted by Crippen LogP contribution is 2.36. The first kappa shape index (κ1) is 39.9.